The summed E-state index contributed by atoms with van der Waals surface area (Å²) in [5.41, 5.74) is 0. The fraction of sp³-hybridized carbons (Fsp3) is 0.846. The number of methoxy groups -OCH3 is 2. The van der Waals surface area contributed by atoms with Crippen LogP contribution in [0, 0.1) is 11.8 Å². The quantitative estimate of drug-likeness (QED) is 0.482. The summed E-state index contributed by atoms with van der Waals surface area (Å²) in [4.78, 5) is 25.3. The second-order valence-corrected chi connectivity index (χ2v) is 4.83. The summed E-state index contributed by atoms with van der Waals surface area (Å²) in [5, 5.41) is 0. The number of rotatable bonds is 8. The lowest BCUT2D eigenvalue weighted by Gasteiger charge is -2.25. The number of ether oxygens (including phenoxy) is 2. The number of esters is 1. The Bertz CT molecular complexity index is 289. The minimum absolute atomic E-state index is 0.168. The normalized spacial score (nSPS) is 16.2. The third-order valence-electron chi connectivity index (χ3n) is 3.11. The molecule has 0 aromatic rings. The van der Waals surface area contributed by atoms with Crippen LogP contribution in [-0.4, -0.2) is 50.7 Å². The summed E-state index contributed by atoms with van der Waals surface area (Å²) in [6.45, 7) is 3.49. The Morgan fingerprint density at radius 1 is 1.33 bits per heavy atom. The molecule has 0 aromatic carbocycles. The molecular weight excluding hydrogens is 234 g/mol. The molecule has 18 heavy (non-hydrogen) atoms. The van der Waals surface area contributed by atoms with Crippen molar-refractivity contribution < 1.29 is 19.1 Å². The maximum atomic E-state index is 12.1. The zero-order valence-corrected chi connectivity index (χ0v) is 11.5. The fourth-order valence-corrected chi connectivity index (χ4v) is 1.89. The van der Waals surface area contributed by atoms with E-state index in [1.807, 2.05) is 0 Å². The van der Waals surface area contributed by atoms with Gasteiger partial charge in [0.25, 0.3) is 0 Å². The maximum Gasteiger partial charge on any atom is 0.310 e. The molecule has 0 spiro atoms. The molecule has 0 aromatic heterocycles. The molecule has 0 bridgehead atoms. The van der Waals surface area contributed by atoms with Gasteiger partial charge < -0.3 is 14.4 Å². The predicted molar refractivity (Wildman–Crippen MR) is 67.0 cm³/mol. The lowest BCUT2D eigenvalue weighted by Crippen LogP contribution is -2.39. The van der Waals surface area contributed by atoms with Crippen LogP contribution in [0.5, 0.6) is 0 Å². The van der Waals surface area contributed by atoms with Gasteiger partial charge in [0.15, 0.2) is 0 Å². The summed E-state index contributed by atoms with van der Waals surface area (Å²) >= 11 is 0. The van der Waals surface area contributed by atoms with Gasteiger partial charge in [-0.3, -0.25) is 9.59 Å². The second-order valence-electron chi connectivity index (χ2n) is 4.83. The predicted octanol–water partition coefficient (Wildman–Crippen LogP) is 1.07. The summed E-state index contributed by atoms with van der Waals surface area (Å²) in [6.07, 6.45) is 2.75. The van der Waals surface area contributed by atoms with Crippen molar-refractivity contribution in [3.8, 4) is 0 Å². The average molecular weight is 257 g/mol. The first kappa shape index (κ1) is 15.0. The molecule has 1 fully saturated rings. The van der Waals surface area contributed by atoms with Gasteiger partial charge in [0.1, 0.15) is 0 Å². The first-order valence-corrected chi connectivity index (χ1v) is 6.45. The fourth-order valence-electron chi connectivity index (χ4n) is 1.89. The van der Waals surface area contributed by atoms with E-state index in [1.54, 1.807) is 18.9 Å². The topological polar surface area (TPSA) is 55.8 Å². The SMILES string of the molecule is COCCCN(CC(C)C(=O)OC)C(=O)C1CC1. The van der Waals surface area contributed by atoms with E-state index in [2.05, 4.69) is 0 Å². The Labute approximate surface area is 108 Å². The molecular formula is C13H23NO4. The molecule has 0 saturated heterocycles. The van der Waals surface area contributed by atoms with Crippen molar-refractivity contribution in [2.75, 3.05) is 33.9 Å². The average Bonchev–Trinajstić information content (AvgIpc) is 3.20. The van der Waals surface area contributed by atoms with Gasteiger partial charge in [0, 0.05) is 32.7 Å². The Hall–Kier alpha value is -1.10. The molecule has 5 heteroatoms. The standard InChI is InChI=1S/C13H23NO4/c1-10(13(16)18-3)9-14(7-4-8-17-2)12(15)11-5-6-11/h10-11H,4-9H2,1-3H3. The minimum atomic E-state index is -0.278. The van der Waals surface area contributed by atoms with Gasteiger partial charge in [0.05, 0.1) is 13.0 Å². The second kappa shape index (κ2) is 7.36. The molecule has 1 amide bonds. The van der Waals surface area contributed by atoms with Crippen molar-refractivity contribution in [1.29, 1.82) is 0 Å². The van der Waals surface area contributed by atoms with E-state index in [9.17, 15) is 9.59 Å². The summed E-state index contributed by atoms with van der Waals surface area (Å²) in [7, 11) is 3.01. The highest BCUT2D eigenvalue weighted by atomic mass is 16.5. The van der Waals surface area contributed by atoms with E-state index < -0.39 is 0 Å². The van der Waals surface area contributed by atoms with Gasteiger partial charge in [-0.1, -0.05) is 6.92 Å². The summed E-state index contributed by atoms with van der Waals surface area (Å²) < 4.78 is 9.68. The highest BCUT2D eigenvalue weighted by Gasteiger charge is 2.34. The van der Waals surface area contributed by atoms with Crippen LogP contribution < -0.4 is 0 Å². The van der Waals surface area contributed by atoms with E-state index in [-0.39, 0.29) is 23.7 Å². The van der Waals surface area contributed by atoms with Gasteiger partial charge >= 0.3 is 5.97 Å². The molecule has 1 atom stereocenters. The number of amides is 1. The van der Waals surface area contributed by atoms with Crippen LogP contribution in [0.25, 0.3) is 0 Å². The Morgan fingerprint density at radius 2 is 2.00 bits per heavy atom. The van der Waals surface area contributed by atoms with E-state index >= 15 is 0 Å². The Morgan fingerprint density at radius 3 is 2.50 bits per heavy atom. The smallest absolute Gasteiger partial charge is 0.310 e. The molecule has 5 nitrogen and oxygen atoms in total. The number of hydrogen-bond acceptors (Lipinski definition) is 4. The minimum Gasteiger partial charge on any atom is -0.469 e. The van der Waals surface area contributed by atoms with Crippen LogP contribution in [0.4, 0.5) is 0 Å². The van der Waals surface area contributed by atoms with Crippen molar-refractivity contribution in [3.63, 3.8) is 0 Å². The van der Waals surface area contributed by atoms with Crippen LogP contribution in [-0.2, 0) is 19.1 Å². The molecule has 1 aliphatic rings. The third-order valence-corrected chi connectivity index (χ3v) is 3.11. The van der Waals surface area contributed by atoms with Gasteiger partial charge in [-0.25, -0.2) is 0 Å². The third kappa shape index (κ3) is 4.64. The first-order chi connectivity index (χ1) is 8.60. The first-order valence-electron chi connectivity index (χ1n) is 6.45. The molecule has 0 radical (unpaired) electrons. The summed E-state index contributed by atoms with van der Waals surface area (Å²) in [6, 6.07) is 0. The Balaban J connectivity index is 2.47. The molecule has 1 saturated carbocycles. The number of hydrogen-bond donors (Lipinski definition) is 0. The Kier molecular flexibility index (Phi) is 6.12. The monoisotopic (exact) mass is 257 g/mol. The van der Waals surface area contributed by atoms with Gasteiger partial charge in [-0.05, 0) is 19.3 Å². The van der Waals surface area contributed by atoms with E-state index in [1.165, 1.54) is 7.11 Å². The lowest BCUT2D eigenvalue weighted by molar-refractivity contribution is -0.146. The van der Waals surface area contributed by atoms with Crippen molar-refractivity contribution in [2.45, 2.75) is 26.2 Å². The largest absolute Gasteiger partial charge is 0.469 e. The van der Waals surface area contributed by atoms with Crippen LogP contribution in [0.1, 0.15) is 26.2 Å². The van der Waals surface area contributed by atoms with Crippen molar-refractivity contribution >= 4 is 11.9 Å². The van der Waals surface area contributed by atoms with Gasteiger partial charge in [-0.2, -0.15) is 0 Å². The van der Waals surface area contributed by atoms with Crippen LogP contribution in [0.15, 0.2) is 0 Å². The van der Waals surface area contributed by atoms with Crippen LogP contribution in [0.2, 0.25) is 0 Å². The molecule has 0 heterocycles. The number of carbonyl (C=O) groups is 2. The number of nitrogens with zero attached hydrogens (tertiary/aromatic N) is 1. The molecule has 1 aliphatic carbocycles. The van der Waals surface area contributed by atoms with Gasteiger partial charge in [-0.15, -0.1) is 0 Å². The molecule has 1 unspecified atom stereocenters. The van der Waals surface area contributed by atoms with Crippen molar-refractivity contribution in [1.82, 2.24) is 4.90 Å². The molecule has 104 valence electrons. The summed E-state index contributed by atoms with van der Waals surface area (Å²) in [5.74, 6) is -0.199. The highest BCUT2D eigenvalue weighted by Crippen LogP contribution is 2.31. The van der Waals surface area contributed by atoms with E-state index in [0.717, 1.165) is 19.3 Å². The maximum absolute atomic E-state index is 12.1. The van der Waals surface area contributed by atoms with Crippen LogP contribution >= 0.6 is 0 Å². The zero-order chi connectivity index (χ0) is 13.5. The molecule has 0 aliphatic heterocycles. The van der Waals surface area contributed by atoms with E-state index in [4.69, 9.17) is 9.47 Å². The van der Waals surface area contributed by atoms with Crippen molar-refractivity contribution in [2.24, 2.45) is 11.8 Å². The lowest BCUT2D eigenvalue weighted by atomic mass is 10.1. The molecule has 1 rings (SSSR count). The van der Waals surface area contributed by atoms with Crippen LogP contribution in [0.3, 0.4) is 0 Å². The number of carbonyl (C=O) groups excluding carboxylic acids is 2. The van der Waals surface area contributed by atoms with E-state index in [0.29, 0.717) is 19.7 Å². The molecule has 0 N–H and O–H groups in total. The highest BCUT2D eigenvalue weighted by molar-refractivity contribution is 5.82. The van der Waals surface area contributed by atoms with Gasteiger partial charge in [0.2, 0.25) is 5.91 Å². The van der Waals surface area contributed by atoms with Crippen molar-refractivity contribution in [3.05, 3.63) is 0 Å². The zero-order valence-electron chi connectivity index (χ0n) is 11.5.